The molecule has 0 unspecified atom stereocenters. The summed E-state index contributed by atoms with van der Waals surface area (Å²) in [6, 6.07) is 5.13. The van der Waals surface area contributed by atoms with Gasteiger partial charge < -0.3 is 4.74 Å². The lowest BCUT2D eigenvalue weighted by molar-refractivity contribution is 0.428. The van der Waals surface area contributed by atoms with Crippen molar-refractivity contribution >= 4 is 39.1 Å². The zero-order valence-electron chi connectivity index (χ0n) is 9.88. The van der Waals surface area contributed by atoms with Crippen molar-refractivity contribution in [3.8, 4) is 11.6 Å². The highest BCUT2D eigenvalue weighted by molar-refractivity contribution is 9.08. The average Bonchev–Trinajstić information content (AvgIpc) is 2.57. The minimum absolute atomic E-state index is 0.474. The Morgan fingerprint density at radius 1 is 1.39 bits per heavy atom. The van der Waals surface area contributed by atoms with Gasteiger partial charge in [0.1, 0.15) is 5.75 Å². The predicted molar refractivity (Wildman–Crippen MR) is 77.1 cm³/mol. The van der Waals surface area contributed by atoms with Gasteiger partial charge >= 0.3 is 0 Å². The molecule has 0 spiro atoms. The Morgan fingerprint density at radius 3 is 2.72 bits per heavy atom. The molecule has 0 N–H and O–H groups in total. The summed E-state index contributed by atoms with van der Waals surface area (Å²) in [7, 11) is 1.83. The van der Waals surface area contributed by atoms with Crippen LogP contribution in [0.3, 0.4) is 0 Å². The van der Waals surface area contributed by atoms with Crippen LogP contribution in [0, 0.1) is 6.92 Å². The lowest BCUT2D eigenvalue weighted by atomic mass is 10.3. The molecule has 3 nitrogen and oxygen atoms in total. The highest BCUT2D eigenvalue weighted by Gasteiger charge is 2.15. The summed E-state index contributed by atoms with van der Waals surface area (Å²) < 4.78 is 7.51. The Hall–Kier alpha value is -0.710. The van der Waals surface area contributed by atoms with Gasteiger partial charge in [0.2, 0.25) is 5.88 Å². The molecule has 0 radical (unpaired) electrons. The van der Waals surface area contributed by atoms with E-state index in [1.54, 1.807) is 22.9 Å². The molecule has 0 saturated heterocycles. The second kappa shape index (κ2) is 5.51. The molecule has 0 aliphatic carbocycles. The third-order valence-corrected chi connectivity index (χ3v) is 3.61. The first-order chi connectivity index (χ1) is 8.52. The molecule has 1 aromatic heterocycles. The fraction of sp³-hybridized carbons (Fsp3) is 0.250. The molecule has 0 atom stereocenters. The summed E-state index contributed by atoms with van der Waals surface area (Å²) in [6.07, 6.45) is 0. The molecule has 1 aromatic carbocycles. The second-order valence-electron chi connectivity index (χ2n) is 3.80. The van der Waals surface area contributed by atoms with E-state index in [2.05, 4.69) is 21.0 Å². The number of aryl methyl sites for hydroxylation is 2. The van der Waals surface area contributed by atoms with Crippen LogP contribution < -0.4 is 4.74 Å². The molecular formula is C12H11BrCl2N2O. The average molecular weight is 350 g/mol. The zero-order valence-corrected chi connectivity index (χ0v) is 13.0. The first kappa shape index (κ1) is 13.7. The van der Waals surface area contributed by atoms with E-state index in [-0.39, 0.29) is 0 Å². The Bertz CT molecular complexity index is 584. The topological polar surface area (TPSA) is 27.1 Å². The van der Waals surface area contributed by atoms with Crippen LogP contribution in [0.15, 0.2) is 18.2 Å². The van der Waals surface area contributed by atoms with Gasteiger partial charge in [0, 0.05) is 23.0 Å². The van der Waals surface area contributed by atoms with Gasteiger partial charge in [-0.05, 0) is 25.1 Å². The van der Waals surface area contributed by atoms with Crippen molar-refractivity contribution in [3.05, 3.63) is 39.5 Å². The summed E-state index contributed by atoms with van der Waals surface area (Å²) in [5.41, 5.74) is 1.93. The van der Waals surface area contributed by atoms with Crippen LogP contribution in [0.2, 0.25) is 10.0 Å². The number of benzene rings is 1. The number of halogens is 3. The second-order valence-corrected chi connectivity index (χ2v) is 5.21. The quantitative estimate of drug-likeness (QED) is 0.749. The molecule has 0 bridgehead atoms. The van der Waals surface area contributed by atoms with Crippen LogP contribution in [-0.2, 0) is 12.4 Å². The molecule has 2 rings (SSSR count). The highest BCUT2D eigenvalue weighted by atomic mass is 79.9. The van der Waals surface area contributed by atoms with E-state index in [0.717, 1.165) is 11.3 Å². The highest BCUT2D eigenvalue weighted by Crippen LogP contribution is 2.34. The molecule has 2 aromatic rings. The van der Waals surface area contributed by atoms with Crippen molar-refractivity contribution in [1.82, 2.24) is 9.78 Å². The Kier molecular flexibility index (Phi) is 4.20. The molecule has 0 aliphatic heterocycles. The molecule has 1 heterocycles. The van der Waals surface area contributed by atoms with Crippen molar-refractivity contribution in [2.24, 2.45) is 7.05 Å². The van der Waals surface area contributed by atoms with E-state index in [9.17, 15) is 0 Å². The lowest BCUT2D eigenvalue weighted by Crippen LogP contribution is -1.96. The van der Waals surface area contributed by atoms with Crippen molar-refractivity contribution in [2.75, 3.05) is 0 Å². The predicted octanol–water partition coefficient (Wildman–Crippen LogP) is 4.72. The Balaban J connectivity index is 2.39. The molecule has 96 valence electrons. The molecule has 0 amide bonds. The van der Waals surface area contributed by atoms with Gasteiger partial charge in [-0.3, -0.25) is 0 Å². The van der Waals surface area contributed by atoms with Crippen LogP contribution >= 0.6 is 39.1 Å². The number of alkyl halides is 1. The third-order valence-electron chi connectivity index (χ3n) is 2.52. The monoisotopic (exact) mass is 348 g/mol. The number of rotatable bonds is 3. The fourth-order valence-electron chi connectivity index (χ4n) is 1.62. The molecule has 0 saturated carbocycles. The van der Waals surface area contributed by atoms with Gasteiger partial charge in [0.25, 0.3) is 0 Å². The molecule has 6 heteroatoms. The van der Waals surface area contributed by atoms with E-state index >= 15 is 0 Å². The standard InChI is InChI=1S/C12H11BrCl2N2O/c1-7-9(6-13)12(17(2)16-7)18-11-4-3-8(14)5-10(11)15/h3-5H,6H2,1-2H3. The van der Waals surface area contributed by atoms with Gasteiger partial charge in [0.15, 0.2) is 0 Å². The lowest BCUT2D eigenvalue weighted by Gasteiger charge is -2.09. The van der Waals surface area contributed by atoms with Gasteiger partial charge in [0.05, 0.1) is 10.7 Å². The molecular weight excluding hydrogens is 339 g/mol. The maximum Gasteiger partial charge on any atom is 0.221 e. The Labute approximate surface area is 124 Å². The van der Waals surface area contributed by atoms with Gasteiger partial charge in [-0.2, -0.15) is 5.10 Å². The minimum atomic E-state index is 0.474. The van der Waals surface area contributed by atoms with Crippen LogP contribution in [0.1, 0.15) is 11.3 Å². The zero-order chi connectivity index (χ0) is 13.3. The summed E-state index contributed by atoms with van der Waals surface area (Å²) in [5, 5.41) is 6.04. The van der Waals surface area contributed by atoms with Crippen molar-refractivity contribution in [2.45, 2.75) is 12.3 Å². The largest absolute Gasteiger partial charge is 0.437 e. The van der Waals surface area contributed by atoms with E-state index < -0.39 is 0 Å². The number of aromatic nitrogens is 2. The van der Waals surface area contributed by atoms with Crippen LogP contribution in [0.25, 0.3) is 0 Å². The van der Waals surface area contributed by atoms with Gasteiger partial charge in [-0.25, -0.2) is 4.68 Å². The Morgan fingerprint density at radius 2 is 2.11 bits per heavy atom. The van der Waals surface area contributed by atoms with Gasteiger partial charge in [-0.15, -0.1) is 0 Å². The molecule has 18 heavy (non-hydrogen) atoms. The summed E-state index contributed by atoms with van der Waals surface area (Å²) in [5.74, 6) is 1.24. The third kappa shape index (κ3) is 2.66. The fourth-order valence-corrected chi connectivity index (χ4v) is 2.72. The summed E-state index contributed by atoms with van der Waals surface area (Å²) in [6.45, 7) is 1.94. The van der Waals surface area contributed by atoms with E-state index in [1.165, 1.54) is 0 Å². The van der Waals surface area contributed by atoms with E-state index in [1.807, 2.05) is 14.0 Å². The summed E-state index contributed by atoms with van der Waals surface area (Å²) in [4.78, 5) is 0. The van der Waals surface area contributed by atoms with Crippen LogP contribution in [0.4, 0.5) is 0 Å². The first-order valence-corrected chi connectivity index (χ1v) is 7.12. The number of hydrogen-bond donors (Lipinski definition) is 0. The first-order valence-electron chi connectivity index (χ1n) is 5.24. The summed E-state index contributed by atoms with van der Waals surface area (Å²) >= 11 is 15.4. The number of ether oxygens (including phenoxy) is 1. The maximum atomic E-state index is 6.08. The van der Waals surface area contributed by atoms with Crippen molar-refractivity contribution < 1.29 is 4.74 Å². The normalized spacial score (nSPS) is 10.7. The molecule has 0 fully saturated rings. The number of nitrogens with zero attached hydrogens (tertiary/aromatic N) is 2. The molecule has 0 aliphatic rings. The van der Waals surface area contributed by atoms with Crippen LogP contribution in [0.5, 0.6) is 11.6 Å². The van der Waals surface area contributed by atoms with Crippen molar-refractivity contribution in [1.29, 1.82) is 0 Å². The smallest absolute Gasteiger partial charge is 0.221 e. The minimum Gasteiger partial charge on any atom is -0.437 e. The van der Waals surface area contributed by atoms with E-state index in [4.69, 9.17) is 27.9 Å². The van der Waals surface area contributed by atoms with E-state index in [0.29, 0.717) is 27.0 Å². The van der Waals surface area contributed by atoms with Gasteiger partial charge in [-0.1, -0.05) is 39.1 Å². The van der Waals surface area contributed by atoms with Crippen molar-refractivity contribution in [3.63, 3.8) is 0 Å². The van der Waals surface area contributed by atoms with Crippen LogP contribution in [-0.4, -0.2) is 9.78 Å². The maximum absolute atomic E-state index is 6.08. The SMILES string of the molecule is Cc1nn(C)c(Oc2ccc(Cl)cc2Cl)c1CBr. The number of hydrogen-bond acceptors (Lipinski definition) is 2.